The van der Waals surface area contributed by atoms with E-state index in [1.165, 1.54) is 27.6 Å². The normalized spacial score (nSPS) is 12.7. The number of hydrogen-bond acceptors (Lipinski definition) is 4. The quantitative estimate of drug-likeness (QED) is 0.173. The minimum Gasteiger partial charge on any atom is -0.248 e. The Labute approximate surface area is 320 Å². The Kier molecular flexibility index (Phi) is 7.77. The molecule has 0 atom stereocenters. The fraction of sp³-hybridized carbons (Fsp3) is 0.0588. The molecule has 10 rings (SSSR count). The maximum Gasteiger partial charge on any atom is 0.164 e. The summed E-state index contributed by atoms with van der Waals surface area (Å²) in [6.45, 7) is 4.64. The zero-order chi connectivity index (χ0) is 36.9. The summed E-state index contributed by atoms with van der Waals surface area (Å²) in [5.41, 5.74) is 15.5. The first kappa shape index (κ1) is 32.6. The van der Waals surface area contributed by atoms with Crippen LogP contribution in [-0.4, -0.2) is 19.9 Å². The van der Waals surface area contributed by atoms with Crippen molar-refractivity contribution >= 4 is 10.9 Å². The van der Waals surface area contributed by atoms with Gasteiger partial charge in [0.05, 0.1) is 11.2 Å². The van der Waals surface area contributed by atoms with E-state index in [0.717, 1.165) is 55.7 Å². The van der Waals surface area contributed by atoms with Crippen molar-refractivity contribution in [1.29, 1.82) is 0 Å². The molecular formula is C51H36N4. The van der Waals surface area contributed by atoms with Crippen LogP contribution in [0.2, 0.25) is 0 Å². The van der Waals surface area contributed by atoms with E-state index in [4.69, 9.17) is 19.9 Å². The molecule has 260 valence electrons. The number of fused-ring (bicyclic) bond motifs is 2. The molecule has 0 N–H and O–H groups in total. The Bertz CT molecular complexity index is 2840. The van der Waals surface area contributed by atoms with E-state index in [0.29, 0.717) is 17.5 Å². The van der Waals surface area contributed by atoms with Gasteiger partial charge in [0.25, 0.3) is 0 Å². The van der Waals surface area contributed by atoms with Gasteiger partial charge in [-0.25, -0.2) is 19.9 Å². The largest absolute Gasteiger partial charge is 0.248 e. The topological polar surface area (TPSA) is 51.6 Å². The van der Waals surface area contributed by atoms with Crippen LogP contribution < -0.4 is 0 Å². The van der Waals surface area contributed by atoms with Crippen molar-refractivity contribution < 1.29 is 0 Å². The van der Waals surface area contributed by atoms with Crippen LogP contribution in [0.3, 0.4) is 0 Å². The molecule has 0 amide bonds. The zero-order valence-corrected chi connectivity index (χ0v) is 30.6. The first-order valence-corrected chi connectivity index (χ1v) is 18.7. The molecule has 0 unspecified atom stereocenters. The summed E-state index contributed by atoms with van der Waals surface area (Å²) >= 11 is 0. The van der Waals surface area contributed by atoms with Gasteiger partial charge in [0.15, 0.2) is 17.5 Å². The van der Waals surface area contributed by atoms with E-state index >= 15 is 0 Å². The Balaban J connectivity index is 1.02. The molecule has 0 saturated carbocycles. The Morgan fingerprint density at radius 1 is 0.327 bits per heavy atom. The van der Waals surface area contributed by atoms with Gasteiger partial charge in [-0.2, -0.15) is 0 Å². The Morgan fingerprint density at radius 3 is 1.38 bits per heavy atom. The van der Waals surface area contributed by atoms with Gasteiger partial charge in [-0.15, -0.1) is 0 Å². The molecular weight excluding hydrogens is 669 g/mol. The average molecular weight is 705 g/mol. The molecule has 0 aliphatic heterocycles. The van der Waals surface area contributed by atoms with Crippen LogP contribution in [0, 0.1) is 0 Å². The number of hydrogen-bond donors (Lipinski definition) is 0. The minimum atomic E-state index is -0.0989. The molecule has 2 heterocycles. The van der Waals surface area contributed by atoms with Crippen LogP contribution in [0.5, 0.6) is 0 Å². The van der Waals surface area contributed by atoms with Crippen molar-refractivity contribution in [3.05, 3.63) is 193 Å². The number of aromatic nitrogens is 4. The molecule has 0 bridgehead atoms. The Morgan fingerprint density at radius 2 is 0.764 bits per heavy atom. The van der Waals surface area contributed by atoms with E-state index < -0.39 is 0 Å². The third-order valence-corrected chi connectivity index (χ3v) is 10.9. The van der Waals surface area contributed by atoms with E-state index in [1.807, 2.05) is 60.7 Å². The molecule has 0 spiro atoms. The van der Waals surface area contributed by atoms with Crippen LogP contribution in [0.25, 0.3) is 89.7 Å². The fourth-order valence-electron chi connectivity index (χ4n) is 8.09. The van der Waals surface area contributed by atoms with E-state index in [9.17, 15) is 0 Å². The lowest BCUT2D eigenvalue weighted by atomic mass is 9.69. The highest BCUT2D eigenvalue weighted by atomic mass is 15.0. The SMILES string of the molecule is CC1(C)c2ccccc2-c2cc(-c3cccc(-c4cccc(-c5cccc(-c6nc(-c7ccccc7)nc(-c7ccccc7)n6)c5)c4)c3)nc3cccc1c23. The first-order chi connectivity index (χ1) is 27.0. The van der Waals surface area contributed by atoms with Gasteiger partial charge in [-0.05, 0) is 74.8 Å². The molecule has 0 fully saturated rings. The minimum absolute atomic E-state index is 0.0989. The fourth-order valence-corrected chi connectivity index (χ4v) is 8.09. The summed E-state index contributed by atoms with van der Waals surface area (Å²) in [7, 11) is 0. The summed E-state index contributed by atoms with van der Waals surface area (Å²) in [4.78, 5) is 20.1. The Hall–Kier alpha value is -7.04. The second-order valence-corrected chi connectivity index (χ2v) is 14.7. The van der Waals surface area contributed by atoms with Crippen molar-refractivity contribution in [3.63, 3.8) is 0 Å². The number of pyridine rings is 1. The molecule has 0 radical (unpaired) electrons. The van der Waals surface area contributed by atoms with Gasteiger partial charge in [0.2, 0.25) is 0 Å². The maximum absolute atomic E-state index is 5.26. The van der Waals surface area contributed by atoms with Gasteiger partial charge < -0.3 is 0 Å². The monoisotopic (exact) mass is 704 g/mol. The van der Waals surface area contributed by atoms with Gasteiger partial charge in [0.1, 0.15) is 0 Å². The van der Waals surface area contributed by atoms with Crippen molar-refractivity contribution in [2.75, 3.05) is 0 Å². The lowest BCUT2D eigenvalue weighted by molar-refractivity contribution is 0.645. The molecule has 4 nitrogen and oxygen atoms in total. The smallest absolute Gasteiger partial charge is 0.164 e. The lowest BCUT2D eigenvalue weighted by Gasteiger charge is -2.35. The van der Waals surface area contributed by atoms with Gasteiger partial charge >= 0.3 is 0 Å². The highest BCUT2D eigenvalue weighted by molar-refractivity contribution is 6.03. The van der Waals surface area contributed by atoms with Crippen LogP contribution in [-0.2, 0) is 5.41 Å². The van der Waals surface area contributed by atoms with Crippen LogP contribution in [0.15, 0.2) is 182 Å². The van der Waals surface area contributed by atoms with Crippen molar-refractivity contribution in [2.24, 2.45) is 0 Å². The summed E-state index contributed by atoms with van der Waals surface area (Å²) in [5, 5.41) is 1.26. The van der Waals surface area contributed by atoms with Crippen LogP contribution >= 0.6 is 0 Å². The molecule has 4 heteroatoms. The van der Waals surface area contributed by atoms with Crippen molar-refractivity contribution in [3.8, 4) is 78.8 Å². The van der Waals surface area contributed by atoms with E-state index in [-0.39, 0.29) is 5.41 Å². The van der Waals surface area contributed by atoms with Crippen LogP contribution in [0.1, 0.15) is 25.0 Å². The predicted molar refractivity (Wildman–Crippen MR) is 225 cm³/mol. The maximum atomic E-state index is 5.26. The molecule has 0 saturated heterocycles. The van der Waals surface area contributed by atoms with Crippen LogP contribution in [0.4, 0.5) is 0 Å². The van der Waals surface area contributed by atoms with Gasteiger partial charge in [0, 0.05) is 33.1 Å². The first-order valence-electron chi connectivity index (χ1n) is 18.7. The molecule has 7 aromatic carbocycles. The second kappa shape index (κ2) is 13.1. The molecule has 9 aromatic rings. The molecule has 1 aliphatic carbocycles. The average Bonchev–Trinajstić information content (AvgIpc) is 3.26. The summed E-state index contributed by atoms with van der Waals surface area (Å²) in [5.74, 6) is 1.93. The van der Waals surface area contributed by atoms with Crippen molar-refractivity contribution in [2.45, 2.75) is 19.3 Å². The van der Waals surface area contributed by atoms with E-state index in [2.05, 4.69) is 135 Å². The second-order valence-electron chi connectivity index (χ2n) is 14.7. The van der Waals surface area contributed by atoms with Gasteiger partial charge in [-0.3, -0.25) is 0 Å². The zero-order valence-electron chi connectivity index (χ0n) is 30.6. The highest BCUT2D eigenvalue weighted by Crippen LogP contribution is 2.49. The van der Waals surface area contributed by atoms with Gasteiger partial charge in [-0.1, -0.05) is 166 Å². The third kappa shape index (κ3) is 5.80. The lowest BCUT2D eigenvalue weighted by Crippen LogP contribution is -2.23. The molecule has 55 heavy (non-hydrogen) atoms. The highest BCUT2D eigenvalue weighted by Gasteiger charge is 2.33. The van der Waals surface area contributed by atoms with Crippen molar-refractivity contribution in [1.82, 2.24) is 19.9 Å². The third-order valence-electron chi connectivity index (χ3n) is 10.9. The number of nitrogens with zero attached hydrogens (tertiary/aromatic N) is 4. The number of benzene rings is 7. The molecule has 2 aromatic heterocycles. The number of rotatable bonds is 6. The standard InChI is InChI=1S/C51H36N4/c1-51(2)43-26-10-9-25-41(43)42-32-46(52-45-28-14-27-44(51)47(42)45)39-23-12-21-37(30-39)35-19-11-20-36(29-35)38-22-13-24-40(31-38)50-54-48(33-15-5-3-6-16-33)53-49(55-50)34-17-7-4-8-18-34/h3-32H,1-2H3. The molecule has 1 aliphatic rings. The predicted octanol–water partition coefficient (Wildman–Crippen LogP) is 12.7. The summed E-state index contributed by atoms with van der Waals surface area (Å²) in [6.07, 6.45) is 0. The summed E-state index contributed by atoms with van der Waals surface area (Å²) in [6, 6.07) is 63.8. The van der Waals surface area contributed by atoms with E-state index in [1.54, 1.807) is 0 Å². The summed E-state index contributed by atoms with van der Waals surface area (Å²) < 4.78 is 0.